The Kier molecular flexibility index (Phi) is 7.32. The number of rotatable bonds is 5. The normalized spacial score (nSPS) is 21.3. The van der Waals surface area contributed by atoms with Crippen molar-refractivity contribution in [3.05, 3.63) is 11.4 Å². The van der Waals surface area contributed by atoms with E-state index in [1.54, 1.807) is 7.11 Å². The van der Waals surface area contributed by atoms with Crippen LogP contribution in [0.25, 0.3) is 0 Å². The number of aromatic nitrogens is 2. The molecule has 7 heteroatoms. The maximum Gasteiger partial charge on any atom is 0.227 e. The van der Waals surface area contributed by atoms with Crippen molar-refractivity contribution in [2.45, 2.75) is 52.1 Å². The number of carbonyl (C=O) groups is 1. The summed E-state index contributed by atoms with van der Waals surface area (Å²) in [6.45, 7) is 5.18. The van der Waals surface area contributed by atoms with Crippen molar-refractivity contribution in [1.29, 1.82) is 0 Å². The number of hydrogen-bond donors (Lipinski definition) is 2. The molecule has 0 aliphatic heterocycles. The highest BCUT2D eigenvalue weighted by atomic mass is 35.5. The number of amides is 1. The first kappa shape index (κ1) is 18.9. The SMILES string of the molecule is COCCn1nc(C)c(NC(=O)C2CCCC(N)C2)c1C.Cl. The third kappa shape index (κ3) is 4.44. The number of nitrogens with one attached hydrogen (secondary N) is 1. The van der Waals surface area contributed by atoms with Crippen molar-refractivity contribution in [1.82, 2.24) is 9.78 Å². The zero-order chi connectivity index (χ0) is 15.4. The lowest BCUT2D eigenvalue weighted by atomic mass is 9.85. The summed E-state index contributed by atoms with van der Waals surface area (Å²) in [4.78, 5) is 12.4. The van der Waals surface area contributed by atoms with Gasteiger partial charge in [0.05, 0.1) is 30.2 Å². The van der Waals surface area contributed by atoms with E-state index in [0.29, 0.717) is 13.2 Å². The second kappa shape index (κ2) is 8.50. The molecule has 0 radical (unpaired) electrons. The highest BCUT2D eigenvalue weighted by Gasteiger charge is 2.26. The molecular weight excluding hydrogens is 304 g/mol. The van der Waals surface area contributed by atoms with E-state index in [1.807, 2.05) is 18.5 Å². The van der Waals surface area contributed by atoms with Crippen LogP contribution in [-0.2, 0) is 16.1 Å². The van der Waals surface area contributed by atoms with Gasteiger partial charge in [-0.15, -0.1) is 12.4 Å². The van der Waals surface area contributed by atoms with E-state index in [9.17, 15) is 4.79 Å². The first-order valence-electron chi connectivity index (χ1n) is 7.62. The summed E-state index contributed by atoms with van der Waals surface area (Å²) in [7, 11) is 1.67. The molecule has 0 aromatic carbocycles. The molecule has 22 heavy (non-hydrogen) atoms. The molecule has 1 fully saturated rings. The molecule has 1 saturated carbocycles. The Bertz CT molecular complexity index is 504. The second-order valence-corrected chi connectivity index (χ2v) is 5.87. The Balaban J connectivity index is 0.00000242. The molecule has 2 atom stereocenters. The van der Waals surface area contributed by atoms with Crippen LogP contribution >= 0.6 is 12.4 Å². The van der Waals surface area contributed by atoms with Gasteiger partial charge in [-0.1, -0.05) is 6.42 Å². The summed E-state index contributed by atoms with van der Waals surface area (Å²) < 4.78 is 6.95. The van der Waals surface area contributed by atoms with Crippen molar-refractivity contribution < 1.29 is 9.53 Å². The number of ether oxygens (including phenoxy) is 1. The molecule has 0 saturated heterocycles. The van der Waals surface area contributed by atoms with E-state index in [2.05, 4.69) is 10.4 Å². The van der Waals surface area contributed by atoms with Crippen molar-refractivity contribution >= 4 is 24.0 Å². The maximum absolute atomic E-state index is 12.4. The highest BCUT2D eigenvalue weighted by Crippen LogP contribution is 2.26. The van der Waals surface area contributed by atoms with Gasteiger partial charge < -0.3 is 15.8 Å². The Hall–Kier alpha value is -1.11. The predicted molar refractivity (Wildman–Crippen MR) is 89.4 cm³/mol. The minimum absolute atomic E-state index is 0. The van der Waals surface area contributed by atoms with E-state index in [4.69, 9.17) is 10.5 Å². The molecule has 126 valence electrons. The average Bonchev–Trinajstić information content (AvgIpc) is 2.72. The van der Waals surface area contributed by atoms with Gasteiger partial charge >= 0.3 is 0 Å². The molecule has 2 unspecified atom stereocenters. The second-order valence-electron chi connectivity index (χ2n) is 5.87. The molecule has 0 spiro atoms. The largest absolute Gasteiger partial charge is 0.383 e. The lowest BCUT2D eigenvalue weighted by molar-refractivity contribution is -0.120. The van der Waals surface area contributed by atoms with Crippen molar-refractivity contribution in [3.8, 4) is 0 Å². The quantitative estimate of drug-likeness (QED) is 0.865. The summed E-state index contributed by atoms with van der Waals surface area (Å²) in [6.07, 6.45) is 3.76. The van der Waals surface area contributed by atoms with Gasteiger partial charge in [-0.2, -0.15) is 5.10 Å². The zero-order valence-electron chi connectivity index (χ0n) is 13.6. The minimum atomic E-state index is 0. The number of aryl methyl sites for hydroxylation is 1. The summed E-state index contributed by atoms with van der Waals surface area (Å²) in [5.41, 5.74) is 8.61. The molecule has 2 rings (SSSR count). The minimum Gasteiger partial charge on any atom is -0.383 e. The molecule has 1 aromatic rings. The van der Waals surface area contributed by atoms with Gasteiger partial charge in [-0.05, 0) is 33.1 Å². The fraction of sp³-hybridized carbons (Fsp3) is 0.733. The van der Waals surface area contributed by atoms with Crippen molar-refractivity contribution in [2.75, 3.05) is 19.0 Å². The maximum atomic E-state index is 12.4. The molecule has 0 bridgehead atoms. The van der Waals surface area contributed by atoms with Crippen LogP contribution in [0.2, 0.25) is 0 Å². The zero-order valence-corrected chi connectivity index (χ0v) is 14.4. The van der Waals surface area contributed by atoms with Crippen LogP contribution in [0.5, 0.6) is 0 Å². The van der Waals surface area contributed by atoms with E-state index >= 15 is 0 Å². The van der Waals surface area contributed by atoms with Gasteiger partial charge in [0, 0.05) is 19.1 Å². The number of nitrogens with zero attached hydrogens (tertiary/aromatic N) is 2. The molecule has 1 heterocycles. The molecule has 1 amide bonds. The molecule has 1 aliphatic carbocycles. The van der Waals surface area contributed by atoms with Crippen molar-refractivity contribution in [3.63, 3.8) is 0 Å². The van der Waals surface area contributed by atoms with Gasteiger partial charge in [0.1, 0.15) is 0 Å². The fourth-order valence-corrected chi connectivity index (χ4v) is 2.96. The topological polar surface area (TPSA) is 82.2 Å². The van der Waals surface area contributed by atoms with Crippen molar-refractivity contribution in [2.24, 2.45) is 11.7 Å². The number of nitrogens with two attached hydrogens (primary N) is 1. The van der Waals surface area contributed by atoms with E-state index in [-0.39, 0.29) is 30.3 Å². The molecule has 6 nitrogen and oxygen atoms in total. The smallest absolute Gasteiger partial charge is 0.227 e. The van der Waals surface area contributed by atoms with Gasteiger partial charge in [0.25, 0.3) is 0 Å². The lowest BCUT2D eigenvalue weighted by Gasteiger charge is -2.25. The van der Waals surface area contributed by atoms with Gasteiger partial charge in [-0.25, -0.2) is 0 Å². The number of anilines is 1. The molecule has 1 aromatic heterocycles. The van der Waals surface area contributed by atoms with Crippen LogP contribution in [0.1, 0.15) is 37.1 Å². The van der Waals surface area contributed by atoms with Crippen LogP contribution < -0.4 is 11.1 Å². The third-order valence-corrected chi connectivity index (χ3v) is 4.22. The Morgan fingerprint density at radius 2 is 2.18 bits per heavy atom. The van der Waals surface area contributed by atoms with Gasteiger partial charge in [-0.3, -0.25) is 9.48 Å². The first-order chi connectivity index (χ1) is 10.0. The summed E-state index contributed by atoms with van der Waals surface area (Å²) >= 11 is 0. The lowest BCUT2D eigenvalue weighted by Crippen LogP contribution is -2.34. The summed E-state index contributed by atoms with van der Waals surface area (Å²) in [6, 6.07) is 0.154. The van der Waals surface area contributed by atoms with Crippen LogP contribution in [-0.4, -0.2) is 35.4 Å². The number of halogens is 1. The fourth-order valence-electron chi connectivity index (χ4n) is 2.96. The Labute approximate surface area is 138 Å². The van der Waals surface area contributed by atoms with E-state index < -0.39 is 0 Å². The summed E-state index contributed by atoms with van der Waals surface area (Å²) in [5, 5.41) is 7.51. The van der Waals surface area contributed by atoms with Gasteiger partial charge in [0.2, 0.25) is 5.91 Å². The molecule has 3 N–H and O–H groups in total. The van der Waals surface area contributed by atoms with E-state index in [1.165, 1.54) is 0 Å². The number of methoxy groups -OCH3 is 1. The third-order valence-electron chi connectivity index (χ3n) is 4.22. The predicted octanol–water partition coefficient (Wildman–Crippen LogP) is 2.02. The first-order valence-corrected chi connectivity index (χ1v) is 7.62. The van der Waals surface area contributed by atoms with Crippen LogP contribution in [0.4, 0.5) is 5.69 Å². The number of hydrogen-bond acceptors (Lipinski definition) is 4. The number of carbonyl (C=O) groups excluding carboxylic acids is 1. The Morgan fingerprint density at radius 1 is 1.45 bits per heavy atom. The van der Waals surface area contributed by atoms with Crippen LogP contribution in [0.15, 0.2) is 0 Å². The highest BCUT2D eigenvalue weighted by molar-refractivity contribution is 5.93. The standard InChI is InChI=1S/C15H26N4O2.ClH/c1-10-14(11(2)19(18-10)7-8-21-3)17-15(20)12-5-4-6-13(16)9-12;/h12-13H,4-9,16H2,1-3H3,(H,17,20);1H. The van der Waals surface area contributed by atoms with E-state index in [0.717, 1.165) is 42.8 Å². The molecular formula is C15H27ClN4O2. The average molecular weight is 331 g/mol. The Morgan fingerprint density at radius 3 is 2.82 bits per heavy atom. The van der Waals surface area contributed by atoms with Crippen LogP contribution in [0.3, 0.4) is 0 Å². The van der Waals surface area contributed by atoms with Crippen LogP contribution in [0, 0.1) is 19.8 Å². The summed E-state index contributed by atoms with van der Waals surface area (Å²) in [5.74, 6) is 0.0949. The van der Waals surface area contributed by atoms with Gasteiger partial charge in [0.15, 0.2) is 0 Å². The monoisotopic (exact) mass is 330 g/mol. The molecule has 1 aliphatic rings.